The van der Waals surface area contributed by atoms with E-state index in [0.29, 0.717) is 32.0 Å². The van der Waals surface area contributed by atoms with E-state index in [0.717, 1.165) is 41.3 Å². The summed E-state index contributed by atoms with van der Waals surface area (Å²) in [7, 11) is -3.16. The molecular formula is C29H35N3O8S2. The molecule has 0 radical (unpaired) electrons. The molecule has 3 aromatic rings. The van der Waals surface area contributed by atoms with Crippen LogP contribution in [0.5, 0.6) is 5.75 Å². The molecule has 11 nitrogen and oxygen atoms in total. The van der Waals surface area contributed by atoms with Gasteiger partial charge < -0.3 is 19.0 Å². The molecule has 1 aliphatic heterocycles. The number of carbonyl (C=O) groups is 2. The molecular weight excluding hydrogens is 582 g/mol. The van der Waals surface area contributed by atoms with Crippen LogP contribution >= 0.6 is 11.3 Å². The monoisotopic (exact) mass is 617 g/mol. The number of carbonyl (C=O) groups excluding carboxylic acids is 1. The Balaban J connectivity index is 1.67. The Labute approximate surface area is 249 Å². The normalized spacial score (nSPS) is 21.2. The number of aliphatic carboxylic acids is 1. The van der Waals surface area contributed by atoms with E-state index < -0.39 is 33.7 Å². The van der Waals surface area contributed by atoms with Gasteiger partial charge in [-0.3, -0.25) is 4.79 Å². The van der Waals surface area contributed by atoms with Crippen molar-refractivity contribution in [2.24, 2.45) is 5.92 Å². The molecule has 5 rings (SSSR count). The molecule has 0 spiro atoms. The van der Waals surface area contributed by atoms with Gasteiger partial charge in [0.2, 0.25) is 5.89 Å². The Kier molecular flexibility index (Phi) is 8.12. The van der Waals surface area contributed by atoms with Gasteiger partial charge in [0.25, 0.3) is 5.91 Å². The van der Waals surface area contributed by atoms with Crippen LogP contribution in [0, 0.1) is 12.8 Å². The highest BCUT2D eigenvalue weighted by Gasteiger charge is 2.54. The number of aromatic nitrogens is 1. The van der Waals surface area contributed by atoms with Crippen molar-refractivity contribution >= 4 is 38.4 Å². The minimum atomic E-state index is -4.70. The Hall–Kier alpha value is -3.42. The number of benzene rings is 1. The second-order valence-corrected chi connectivity index (χ2v) is 14.0. The number of nitrogens with zero attached hydrogens (tertiary/aromatic N) is 3. The van der Waals surface area contributed by atoms with Gasteiger partial charge in [-0.15, -0.1) is 11.3 Å². The standard InChI is InChI=1S/C29H35N3O8S2/c1-17-10-12-19(13-11-17)40-22(20-8-6-7-9-21(20)38-5)16-31-27-23(18(2)24(41-27)25-30-14-15-39-25)26(33)32(42(31,36)37)29(3,4)28(34)35/h6-9,14-15,17,19,22H,10-13,16H2,1-5H3,(H,34,35)/t17-,19+,22-/m0/s1. The molecule has 0 unspecified atom stereocenters. The number of anilines is 1. The van der Waals surface area contributed by atoms with Crippen LogP contribution in [0.15, 0.2) is 41.1 Å². The summed E-state index contributed by atoms with van der Waals surface area (Å²) in [6.07, 6.45) is 5.60. The van der Waals surface area contributed by atoms with Gasteiger partial charge in [-0.25, -0.2) is 18.4 Å². The average molecular weight is 618 g/mol. The lowest BCUT2D eigenvalue weighted by atomic mass is 9.88. The zero-order valence-electron chi connectivity index (χ0n) is 24.2. The predicted octanol–water partition coefficient (Wildman–Crippen LogP) is 5.43. The van der Waals surface area contributed by atoms with Crippen molar-refractivity contribution in [3.63, 3.8) is 0 Å². The molecule has 1 N–H and O–H groups in total. The second kappa shape index (κ2) is 11.3. The van der Waals surface area contributed by atoms with Gasteiger partial charge in [0.05, 0.1) is 36.4 Å². The van der Waals surface area contributed by atoms with Crippen molar-refractivity contribution < 1.29 is 37.0 Å². The van der Waals surface area contributed by atoms with Gasteiger partial charge in [0, 0.05) is 5.56 Å². The number of para-hydroxylation sites is 1. The van der Waals surface area contributed by atoms with Crippen molar-refractivity contribution in [1.29, 1.82) is 0 Å². The third-order valence-corrected chi connectivity index (χ3v) is 11.4. The first-order valence-corrected chi connectivity index (χ1v) is 16.0. The SMILES string of the molecule is COc1ccccc1[C@H](CN1c2sc(-c3ncco3)c(C)c2C(=O)N(C(C)(C)C(=O)O)S1(=O)=O)O[C@H]1CC[C@@H](C)CC1. The number of rotatable bonds is 9. The number of methoxy groups -OCH3 is 1. The minimum absolute atomic E-state index is 0.0858. The molecule has 13 heteroatoms. The van der Waals surface area contributed by atoms with Crippen molar-refractivity contribution in [1.82, 2.24) is 9.29 Å². The zero-order chi connectivity index (χ0) is 30.4. The number of hydrogen-bond acceptors (Lipinski definition) is 9. The summed E-state index contributed by atoms with van der Waals surface area (Å²) in [6.45, 7) is 6.05. The molecule has 1 atom stereocenters. The number of fused-ring (bicyclic) bond motifs is 1. The fraction of sp³-hybridized carbons (Fsp3) is 0.483. The molecule has 2 aliphatic rings. The highest BCUT2D eigenvalue weighted by molar-refractivity contribution is 7.91. The van der Waals surface area contributed by atoms with E-state index in [4.69, 9.17) is 13.9 Å². The van der Waals surface area contributed by atoms with Crippen LogP contribution in [0.2, 0.25) is 0 Å². The molecule has 2 aromatic heterocycles. The fourth-order valence-corrected chi connectivity index (χ4v) is 8.90. The molecule has 3 heterocycles. The Morgan fingerprint density at radius 2 is 1.93 bits per heavy atom. The van der Waals surface area contributed by atoms with Gasteiger partial charge >= 0.3 is 16.2 Å². The Morgan fingerprint density at radius 3 is 2.55 bits per heavy atom. The third-order valence-electron chi connectivity index (χ3n) is 8.06. The second-order valence-electron chi connectivity index (χ2n) is 11.3. The van der Waals surface area contributed by atoms with Crippen molar-refractivity contribution in [3.05, 3.63) is 53.4 Å². The number of hydrogen-bond donors (Lipinski definition) is 1. The number of thiophene rings is 1. The molecule has 1 amide bonds. The van der Waals surface area contributed by atoms with E-state index in [1.165, 1.54) is 33.4 Å². The molecule has 42 heavy (non-hydrogen) atoms. The summed E-state index contributed by atoms with van der Waals surface area (Å²) in [5, 5.41) is 10.2. The van der Waals surface area contributed by atoms with Crippen LogP contribution in [0.25, 0.3) is 10.8 Å². The topological polar surface area (TPSA) is 139 Å². The molecule has 1 aromatic carbocycles. The summed E-state index contributed by atoms with van der Waals surface area (Å²) < 4.78 is 48.0. The van der Waals surface area contributed by atoms with Gasteiger partial charge in [0.15, 0.2) is 5.54 Å². The van der Waals surface area contributed by atoms with Crippen LogP contribution < -0.4 is 9.04 Å². The highest BCUT2D eigenvalue weighted by Crippen LogP contribution is 2.48. The van der Waals surface area contributed by atoms with E-state index in [1.54, 1.807) is 13.0 Å². The number of carboxylic acids is 1. The van der Waals surface area contributed by atoms with E-state index in [9.17, 15) is 23.1 Å². The smallest absolute Gasteiger partial charge is 0.330 e. The highest BCUT2D eigenvalue weighted by atomic mass is 32.2. The van der Waals surface area contributed by atoms with Crippen LogP contribution in [-0.2, 0) is 19.7 Å². The largest absolute Gasteiger partial charge is 0.496 e. The molecule has 226 valence electrons. The summed E-state index contributed by atoms with van der Waals surface area (Å²) in [6, 6.07) is 7.25. The van der Waals surface area contributed by atoms with E-state index >= 15 is 0 Å². The van der Waals surface area contributed by atoms with Gasteiger partial charge in [-0.1, -0.05) is 25.1 Å². The van der Waals surface area contributed by atoms with Crippen molar-refractivity contribution in [2.75, 3.05) is 18.0 Å². The summed E-state index contributed by atoms with van der Waals surface area (Å²) in [4.78, 5) is 30.9. The molecule has 0 saturated heterocycles. The predicted molar refractivity (Wildman–Crippen MR) is 157 cm³/mol. The van der Waals surface area contributed by atoms with E-state index in [1.807, 2.05) is 18.2 Å². The number of carboxylic acid groups (broad SMARTS) is 1. The Morgan fingerprint density at radius 1 is 1.24 bits per heavy atom. The summed E-state index contributed by atoms with van der Waals surface area (Å²) >= 11 is 1.06. The quantitative estimate of drug-likeness (QED) is 0.333. The van der Waals surface area contributed by atoms with Gasteiger partial charge in [-0.2, -0.15) is 8.42 Å². The van der Waals surface area contributed by atoms with Gasteiger partial charge in [0.1, 0.15) is 23.1 Å². The number of oxazole rings is 1. The van der Waals surface area contributed by atoms with Crippen LogP contribution in [0.1, 0.15) is 74.0 Å². The number of amides is 1. The first-order chi connectivity index (χ1) is 19.9. The number of ether oxygens (including phenoxy) is 2. The van der Waals surface area contributed by atoms with E-state index in [-0.39, 0.29) is 29.1 Å². The molecule has 1 saturated carbocycles. The van der Waals surface area contributed by atoms with Crippen LogP contribution in [0.3, 0.4) is 0 Å². The van der Waals surface area contributed by atoms with Crippen LogP contribution in [0.4, 0.5) is 5.00 Å². The lowest BCUT2D eigenvalue weighted by molar-refractivity contribution is -0.145. The van der Waals surface area contributed by atoms with Crippen molar-refractivity contribution in [2.45, 2.75) is 71.1 Å². The zero-order valence-corrected chi connectivity index (χ0v) is 25.8. The maximum Gasteiger partial charge on any atom is 0.330 e. The summed E-state index contributed by atoms with van der Waals surface area (Å²) in [5.74, 6) is -1.04. The lowest BCUT2D eigenvalue weighted by Crippen LogP contribution is -2.62. The first-order valence-electron chi connectivity index (χ1n) is 13.8. The fourth-order valence-electron chi connectivity index (χ4n) is 5.58. The van der Waals surface area contributed by atoms with Crippen LogP contribution in [-0.4, -0.2) is 60.0 Å². The maximum absolute atomic E-state index is 14.3. The third kappa shape index (κ3) is 5.18. The molecule has 0 bridgehead atoms. The minimum Gasteiger partial charge on any atom is -0.496 e. The van der Waals surface area contributed by atoms with E-state index in [2.05, 4.69) is 11.9 Å². The average Bonchev–Trinajstić information content (AvgIpc) is 3.59. The Bertz CT molecular complexity index is 1570. The maximum atomic E-state index is 14.3. The lowest BCUT2D eigenvalue weighted by Gasteiger charge is -2.42. The molecule has 1 aliphatic carbocycles. The first kappa shape index (κ1) is 30.1. The van der Waals surface area contributed by atoms with Gasteiger partial charge in [-0.05, 0) is 64.0 Å². The van der Waals surface area contributed by atoms with Crippen molar-refractivity contribution in [3.8, 4) is 16.5 Å². The molecule has 1 fully saturated rings. The summed E-state index contributed by atoms with van der Waals surface area (Å²) in [5.41, 5.74) is -0.895.